The maximum Gasteiger partial charge on any atom is 0.264 e. The van der Waals surface area contributed by atoms with E-state index >= 15 is 0 Å². The number of anilines is 1. The summed E-state index contributed by atoms with van der Waals surface area (Å²) in [5.74, 6) is 1.08. The molecule has 3 aromatic carbocycles. The van der Waals surface area contributed by atoms with Gasteiger partial charge in [0.05, 0.1) is 30.8 Å². The van der Waals surface area contributed by atoms with Gasteiger partial charge in [-0.05, 0) is 59.5 Å². The van der Waals surface area contributed by atoms with Crippen molar-refractivity contribution in [2.24, 2.45) is 0 Å². The molecule has 1 atom stereocenters. The van der Waals surface area contributed by atoms with Gasteiger partial charge >= 0.3 is 0 Å². The first-order valence-corrected chi connectivity index (χ1v) is 14.0. The van der Waals surface area contributed by atoms with Crippen LogP contribution in [0.25, 0.3) is 0 Å². The Bertz CT molecular complexity index is 1400. The zero-order valence-corrected chi connectivity index (χ0v) is 23.3. The number of rotatable bonds is 8. The van der Waals surface area contributed by atoms with Crippen molar-refractivity contribution < 1.29 is 27.4 Å². The van der Waals surface area contributed by atoms with Crippen molar-refractivity contribution in [2.75, 3.05) is 31.1 Å². The number of hydrogen-bond donors (Lipinski definition) is 1. The number of benzene rings is 3. The number of methoxy groups -OCH3 is 1. The summed E-state index contributed by atoms with van der Waals surface area (Å²) < 4.78 is 45.3. The van der Waals surface area contributed by atoms with Crippen LogP contribution in [0.2, 0.25) is 5.02 Å². The summed E-state index contributed by atoms with van der Waals surface area (Å²) in [4.78, 5) is 13.1. The van der Waals surface area contributed by atoms with Crippen LogP contribution in [0.15, 0.2) is 71.6 Å². The minimum absolute atomic E-state index is 0.0520. The van der Waals surface area contributed by atoms with Crippen molar-refractivity contribution in [3.05, 3.63) is 77.3 Å². The molecule has 0 bridgehead atoms. The van der Waals surface area contributed by atoms with E-state index in [0.29, 0.717) is 10.8 Å². The topological polar surface area (TPSA) is 94.2 Å². The van der Waals surface area contributed by atoms with E-state index < -0.39 is 22.0 Å². The van der Waals surface area contributed by atoms with Crippen LogP contribution in [0.4, 0.5) is 5.69 Å². The maximum atomic E-state index is 13.6. The summed E-state index contributed by atoms with van der Waals surface area (Å²) >= 11 is 6.16. The Kier molecular flexibility index (Phi) is 8.08. The number of amides is 1. The summed E-state index contributed by atoms with van der Waals surface area (Å²) in [6, 6.07) is 18.5. The highest BCUT2D eigenvalue weighted by molar-refractivity contribution is 7.92. The van der Waals surface area contributed by atoms with Crippen LogP contribution in [0.3, 0.4) is 0 Å². The average Bonchev–Trinajstić information content (AvgIpc) is 2.90. The first-order chi connectivity index (χ1) is 18.0. The van der Waals surface area contributed by atoms with Gasteiger partial charge < -0.3 is 19.5 Å². The molecule has 202 valence electrons. The largest absolute Gasteiger partial charge is 0.497 e. The molecule has 1 aliphatic rings. The molecule has 3 aromatic rings. The Morgan fingerprint density at radius 1 is 1.11 bits per heavy atom. The Labute approximate surface area is 228 Å². The number of para-hydroxylation sites is 1. The monoisotopic (exact) mass is 558 g/mol. The first kappa shape index (κ1) is 27.6. The molecule has 0 fully saturated rings. The molecule has 1 amide bonds. The van der Waals surface area contributed by atoms with Crippen LogP contribution < -0.4 is 23.8 Å². The number of nitrogens with zero attached hydrogens (tertiary/aromatic N) is 1. The zero-order valence-electron chi connectivity index (χ0n) is 21.7. The van der Waals surface area contributed by atoms with Gasteiger partial charge in [-0.1, -0.05) is 50.6 Å². The van der Waals surface area contributed by atoms with Crippen LogP contribution in [-0.4, -0.2) is 47.2 Å². The molecular weight excluding hydrogens is 528 g/mol. The Hall–Kier alpha value is -3.43. The smallest absolute Gasteiger partial charge is 0.264 e. The molecule has 38 heavy (non-hydrogen) atoms. The second-order valence-corrected chi connectivity index (χ2v) is 12.1. The van der Waals surface area contributed by atoms with Crippen LogP contribution in [-0.2, 0) is 20.2 Å². The standard InChI is InChI=1S/C28H31ClN2O6S/c1-28(2,3)22-7-5-6-8-24(22)36-16-15-30-27(32)26-18-31(23-17-19(29)9-14-25(23)37-26)38(33,34)21-12-10-20(35-4)11-13-21/h5-14,17,26H,15-16,18H2,1-4H3,(H,30,32)/t26-/m1/s1. The van der Waals surface area contributed by atoms with Gasteiger partial charge in [0.25, 0.3) is 15.9 Å². The van der Waals surface area contributed by atoms with Gasteiger partial charge in [0.2, 0.25) is 0 Å². The van der Waals surface area contributed by atoms with Crippen LogP contribution in [0.5, 0.6) is 17.2 Å². The van der Waals surface area contributed by atoms with Gasteiger partial charge in [-0.3, -0.25) is 9.10 Å². The van der Waals surface area contributed by atoms with E-state index in [1.54, 1.807) is 24.3 Å². The van der Waals surface area contributed by atoms with E-state index in [2.05, 4.69) is 26.1 Å². The van der Waals surface area contributed by atoms with Gasteiger partial charge in [-0.2, -0.15) is 0 Å². The maximum absolute atomic E-state index is 13.6. The number of ether oxygens (including phenoxy) is 3. The molecule has 4 rings (SSSR count). The lowest BCUT2D eigenvalue weighted by Crippen LogP contribution is -2.51. The highest BCUT2D eigenvalue weighted by atomic mass is 35.5. The summed E-state index contributed by atoms with van der Waals surface area (Å²) in [5.41, 5.74) is 1.24. The predicted octanol–water partition coefficient (Wildman–Crippen LogP) is 4.80. The van der Waals surface area contributed by atoms with Crippen molar-refractivity contribution in [1.82, 2.24) is 5.32 Å². The molecule has 0 spiro atoms. The number of carbonyl (C=O) groups is 1. The van der Waals surface area contributed by atoms with E-state index in [4.69, 9.17) is 25.8 Å². The Balaban J connectivity index is 1.48. The SMILES string of the molecule is COc1ccc(S(=O)(=O)N2C[C@H](C(=O)NCCOc3ccccc3C(C)(C)C)Oc3ccc(Cl)cc32)cc1. The van der Waals surface area contributed by atoms with Gasteiger partial charge in [-0.25, -0.2) is 8.42 Å². The van der Waals surface area contributed by atoms with E-state index in [1.807, 2.05) is 24.3 Å². The van der Waals surface area contributed by atoms with E-state index in [-0.39, 0.29) is 41.4 Å². The van der Waals surface area contributed by atoms with Gasteiger partial charge in [0.15, 0.2) is 6.10 Å². The van der Waals surface area contributed by atoms with Crippen LogP contribution in [0, 0.1) is 0 Å². The number of fused-ring (bicyclic) bond motifs is 1. The van der Waals surface area contributed by atoms with E-state index in [1.165, 1.54) is 25.3 Å². The molecule has 0 saturated heterocycles. The number of hydrogen-bond acceptors (Lipinski definition) is 6. The fourth-order valence-electron chi connectivity index (χ4n) is 4.12. The van der Waals surface area contributed by atoms with Crippen LogP contribution in [0.1, 0.15) is 26.3 Å². The second-order valence-electron chi connectivity index (χ2n) is 9.82. The highest BCUT2D eigenvalue weighted by Crippen LogP contribution is 2.39. The number of sulfonamides is 1. The summed E-state index contributed by atoms with van der Waals surface area (Å²) in [6.07, 6.45) is -1.07. The van der Waals surface area contributed by atoms with Crippen molar-refractivity contribution >= 4 is 33.2 Å². The molecule has 8 nitrogen and oxygen atoms in total. The molecule has 0 aromatic heterocycles. The first-order valence-electron chi connectivity index (χ1n) is 12.1. The number of halogens is 1. The van der Waals surface area contributed by atoms with Gasteiger partial charge in [0, 0.05) is 5.02 Å². The lowest BCUT2D eigenvalue weighted by molar-refractivity contribution is -0.127. The lowest BCUT2D eigenvalue weighted by atomic mass is 9.86. The fourth-order valence-corrected chi connectivity index (χ4v) is 5.76. The van der Waals surface area contributed by atoms with E-state index in [9.17, 15) is 13.2 Å². The lowest BCUT2D eigenvalue weighted by Gasteiger charge is -2.35. The van der Waals surface area contributed by atoms with Crippen molar-refractivity contribution in [1.29, 1.82) is 0 Å². The van der Waals surface area contributed by atoms with Crippen molar-refractivity contribution in [2.45, 2.75) is 37.2 Å². The third kappa shape index (κ3) is 6.00. The average molecular weight is 559 g/mol. The number of nitrogens with one attached hydrogen (secondary N) is 1. The molecule has 1 heterocycles. The van der Waals surface area contributed by atoms with Crippen molar-refractivity contribution in [3.63, 3.8) is 0 Å². The third-order valence-electron chi connectivity index (χ3n) is 6.08. The molecular formula is C28H31ClN2O6S. The second kappa shape index (κ2) is 11.1. The third-order valence-corrected chi connectivity index (χ3v) is 8.11. The summed E-state index contributed by atoms with van der Waals surface area (Å²) in [6.45, 7) is 6.55. The molecule has 10 heteroatoms. The van der Waals surface area contributed by atoms with Gasteiger partial charge in [-0.15, -0.1) is 0 Å². The quantitative estimate of drug-likeness (QED) is 0.399. The molecule has 0 saturated carbocycles. The molecule has 0 unspecified atom stereocenters. The highest BCUT2D eigenvalue weighted by Gasteiger charge is 2.37. The summed E-state index contributed by atoms with van der Waals surface area (Å²) in [5, 5.41) is 3.14. The van der Waals surface area contributed by atoms with Gasteiger partial charge in [0.1, 0.15) is 23.9 Å². The number of carbonyl (C=O) groups excluding carboxylic acids is 1. The minimum atomic E-state index is -4.03. The molecule has 0 aliphatic carbocycles. The Morgan fingerprint density at radius 2 is 1.82 bits per heavy atom. The zero-order chi connectivity index (χ0) is 27.5. The molecule has 1 aliphatic heterocycles. The molecule has 0 radical (unpaired) electrons. The van der Waals surface area contributed by atoms with Crippen LogP contribution >= 0.6 is 11.6 Å². The van der Waals surface area contributed by atoms with E-state index in [0.717, 1.165) is 15.6 Å². The molecule has 1 N–H and O–H groups in total. The fraction of sp³-hybridized carbons (Fsp3) is 0.321. The normalized spacial score (nSPS) is 15.3. The predicted molar refractivity (Wildman–Crippen MR) is 147 cm³/mol. The minimum Gasteiger partial charge on any atom is -0.497 e. The summed E-state index contributed by atoms with van der Waals surface area (Å²) in [7, 11) is -2.53. The van der Waals surface area contributed by atoms with Crippen molar-refractivity contribution in [3.8, 4) is 17.2 Å². The Morgan fingerprint density at radius 3 is 2.50 bits per heavy atom.